The van der Waals surface area contributed by atoms with Crippen molar-refractivity contribution in [1.29, 1.82) is 0 Å². The normalized spacial score (nSPS) is 10.7. The molecule has 0 spiro atoms. The number of nitrogens with one attached hydrogen (secondary N) is 2. The minimum atomic E-state index is -0.818. The topological polar surface area (TPSA) is 64.9 Å². The number of rotatable bonds is 3. The van der Waals surface area contributed by atoms with Gasteiger partial charge < -0.3 is 4.74 Å². The molecule has 0 aliphatic heterocycles. The Bertz CT molecular complexity index is 668. The van der Waals surface area contributed by atoms with Gasteiger partial charge in [0.2, 0.25) is 5.52 Å². The number of H-pyrrole nitrogens is 2. The SMILES string of the molecule is Fc1nc(OCc2ccccc2)c2[nH]c[nH+]c2n1. The average Bonchev–Trinajstić information content (AvgIpc) is 2.85. The molecule has 0 amide bonds. The molecule has 3 aromatic rings. The number of ether oxygens (including phenoxy) is 1. The molecule has 0 radical (unpaired) electrons. The Labute approximate surface area is 102 Å². The van der Waals surface area contributed by atoms with Gasteiger partial charge in [-0.15, -0.1) is 9.37 Å². The molecule has 2 aromatic heterocycles. The van der Waals surface area contributed by atoms with Crippen LogP contribution in [0.15, 0.2) is 36.7 Å². The lowest BCUT2D eigenvalue weighted by atomic mass is 10.2. The van der Waals surface area contributed by atoms with E-state index in [-0.39, 0.29) is 5.88 Å². The van der Waals surface area contributed by atoms with Crippen LogP contribution in [0.4, 0.5) is 4.39 Å². The lowest BCUT2D eigenvalue weighted by Crippen LogP contribution is -2.04. The fourth-order valence-electron chi connectivity index (χ4n) is 1.66. The molecule has 0 saturated heterocycles. The van der Waals surface area contributed by atoms with E-state index in [1.807, 2.05) is 30.3 Å². The van der Waals surface area contributed by atoms with Gasteiger partial charge >= 0.3 is 11.7 Å². The number of aromatic nitrogens is 4. The van der Waals surface area contributed by atoms with Crippen LogP contribution in [0.5, 0.6) is 5.88 Å². The van der Waals surface area contributed by atoms with Crippen LogP contribution in [0.1, 0.15) is 5.56 Å². The summed E-state index contributed by atoms with van der Waals surface area (Å²) in [6, 6.07) is 9.60. The van der Waals surface area contributed by atoms with Crippen LogP contribution in [0.25, 0.3) is 11.2 Å². The van der Waals surface area contributed by atoms with Crippen LogP contribution in [-0.2, 0) is 6.61 Å². The van der Waals surface area contributed by atoms with Crippen molar-refractivity contribution < 1.29 is 14.1 Å². The van der Waals surface area contributed by atoms with Gasteiger partial charge in [0.1, 0.15) is 6.61 Å². The number of fused-ring (bicyclic) bond motifs is 1. The summed E-state index contributed by atoms with van der Waals surface area (Å²) in [7, 11) is 0. The fraction of sp³-hybridized carbons (Fsp3) is 0.0833. The van der Waals surface area contributed by atoms with Crippen molar-refractivity contribution in [2.75, 3.05) is 0 Å². The van der Waals surface area contributed by atoms with Crippen LogP contribution in [0.2, 0.25) is 0 Å². The summed E-state index contributed by atoms with van der Waals surface area (Å²) in [5.41, 5.74) is 1.91. The van der Waals surface area contributed by atoms with Gasteiger partial charge in [-0.2, -0.15) is 0 Å². The summed E-state index contributed by atoms with van der Waals surface area (Å²) in [4.78, 5) is 12.9. The Morgan fingerprint density at radius 2 is 2.06 bits per heavy atom. The van der Waals surface area contributed by atoms with Crippen LogP contribution in [-0.4, -0.2) is 15.0 Å². The van der Waals surface area contributed by atoms with Crippen LogP contribution in [0.3, 0.4) is 0 Å². The van der Waals surface area contributed by atoms with Crippen molar-refractivity contribution in [3.05, 3.63) is 48.3 Å². The molecule has 0 bridgehead atoms. The molecular formula is C12H10FN4O+. The van der Waals surface area contributed by atoms with Gasteiger partial charge in [-0.25, -0.2) is 4.98 Å². The van der Waals surface area contributed by atoms with Gasteiger partial charge in [0.15, 0.2) is 6.33 Å². The first-order valence-corrected chi connectivity index (χ1v) is 5.42. The third-order valence-corrected chi connectivity index (χ3v) is 2.49. The summed E-state index contributed by atoms with van der Waals surface area (Å²) in [5, 5.41) is 0. The summed E-state index contributed by atoms with van der Waals surface area (Å²) < 4.78 is 18.7. The van der Waals surface area contributed by atoms with Crippen molar-refractivity contribution >= 4 is 11.2 Å². The van der Waals surface area contributed by atoms with E-state index in [4.69, 9.17) is 4.74 Å². The van der Waals surface area contributed by atoms with Crippen molar-refractivity contribution in [3.63, 3.8) is 0 Å². The maximum atomic E-state index is 13.2. The lowest BCUT2D eigenvalue weighted by Gasteiger charge is -2.03. The molecule has 18 heavy (non-hydrogen) atoms. The second kappa shape index (κ2) is 4.40. The van der Waals surface area contributed by atoms with E-state index in [1.165, 1.54) is 0 Å². The Morgan fingerprint density at radius 3 is 2.89 bits per heavy atom. The van der Waals surface area contributed by atoms with Gasteiger partial charge in [0.05, 0.1) is 0 Å². The first-order chi connectivity index (χ1) is 8.83. The van der Waals surface area contributed by atoms with E-state index < -0.39 is 6.08 Å². The second-order valence-corrected chi connectivity index (χ2v) is 3.73. The first kappa shape index (κ1) is 10.6. The van der Waals surface area contributed by atoms with E-state index >= 15 is 0 Å². The predicted molar refractivity (Wildman–Crippen MR) is 61.2 cm³/mol. The molecule has 0 fully saturated rings. The summed E-state index contributed by atoms with van der Waals surface area (Å²) in [6.07, 6.45) is 0.732. The molecule has 3 rings (SSSR count). The van der Waals surface area contributed by atoms with E-state index in [1.54, 1.807) is 6.33 Å². The molecule has 0 aliphatic carbocycles. The Hall–Kier alpha value is -2.50. The molecule has 2 heterocycles. The maximum Gasteiger partial charge on any atom is 0.387 e. The highest BCUT2D eigenvalue weighted by molar-refractivity contribution is 5.71. The van der Waals surface area contributed by atoms with Crippen LogP contribution >= 0.6 is 0 Å². The van der Waals surface area contributed by atoms with Crippen molar-refractivity contribution in [1.82, 2.24) is 15.0 Å². The number of hydrogen-bond acceptors (Lipinski definition) is 3. The highest BCUT2D eigenvalue weighted by Crippen LogP contribution is 2.18. The standard InChI is InChI=1S/C12H9FN4O/c13-12-16-10-9(14-7-15-10)11(17-12)18-6-8-4-2-1-3-5-8/h1-5,7H,6H2,(H,14,15,16,17)/p+1. The molecule has 2 N–H and O–H groups in total. The number of imidazole rings is 1. The zero-order valence-corrected chi connectivity index (χ0v) is 9.35. The quantitative estimate of drug-likeness (QED) is 0.711. The minimum Gasteiger partial charge on any atom is -0.470 e. The minimum absolute atomic E-state index is 0.197. The maximum absolute atomic E-state index is 13.2. The second-order valence-electron chi connectivity index (χ2n) is 3.73. The fourth-order valence-corrected chi connectivity index (χ4v) is 1.66. The van der Waals surface area contributed by atoms with Crippen molar-refractivity contribution in [2.45, 2.75) is 6.61 Å². The first-order valence-electron chi connectivity index (χ1n) is 5.42. The third kappa shape index (κ3) is 2.00. The average molecular weight is 245 g/mol. The molecule has 5 nitrogen and oxygen atoms in total. The van der Waals surface area contributed by atoms with E-state index in [0.717, 1.165) is 5.56 Å². The zero-order chi connectivity index (χ0) is 12.4. The Kier molecular flexibility index (Phi) is 2.60. The zero-order valence-electron chi connectivity index (χ0n) is 9.35. The number of benzene rings is 1. The molecule has 1 aromatic carbocycles. The molecule has 0 unspecified atom stereocenters. The van der Waals surface area contributed by atoms with Gasteiger partial charge in [0.25, 0.3) is 5.88 Å². The molecule has 0 aliphatic rings. The molecule has 6 heteroatoms. The number of aromatic amines is 2. The predicted octanol–water partition coefficient (Wildman–Crippen LogP) is 1.49. The van der Waals surface area contributed by atoms with Crippen LogP contribution in [0, 0.1) is 6.08 Å². The van der Waals surface area contributed by atoms with Crippen molar-refractivity contribution in [2.24, 2.45) is 0 Å². The van der Waals surface area contributed by atoms with Crippen LogP contribution < -0.4 is 9.72 Å². The largest absolute Gasteiger partial charge is 0.470 e. The molecule has 90 valence electrons. The number of hydrogen-bond donors (Lipinski definition) is 1. The lowest BCUT2D eigenvalue weighted by molar-refractivity contribution is -0.347. The summed E-state index contributed by atoms with van der Waals surface area (Å²) in [6.45, 7) is 0.325. The summed E-state index contributed by atoms with van der Waals surface area (Å²) in [5.74, 6) is 0.197. The van der Waals surface area contributed by atoms with Gasteiger partial charge in [0, 0.05) is 0 Å². The highest BCUT2D eigenvalue weighted by atomic mass is 19.1. The number of halogens is 1. The Balaban J connectivity index is 1.88. The van der Waals surface area contributed by atoms with Gasteiger partial charge in [-0.3, -0.25) is 4.98 Å². The monoisotopic (exact) mass is 245 g/mol. The molecule has 0 atom stereocenters. The van der Waals surface area contributed by atoms with E-state index in [0.29, 0.717) is 17.8 Å². The van der Waals surface area contributed by atoms with Crippen molar-refractivity contribution in [3.8, 4) is 5.88 Å². The van der Waals surface area contributed by atoms with E-state index in [2.05, 4.69) is 19.9 Å². The molecule has 0 saturated carbocycles. The van der Waals surface area contributed by atoms with Gasteiger partial charge in [-0.1, -0.05) is 30.3 Å². The summed E-state index contributed by atoms with van der Waals surface area (Å²) >= 11 is 0. The van der Waals surface area contributed by atoms with Gasteiger partial charge in [-0.05, 0) is 10.5 Å². The van der Waals surface area contributed by atoms with E-state index in [9.17, 15) is 4.39 Å². The third-order valence-electron chi connectivity index (χ3n) is 2.49. The Morgan fingerprint density at radius 1 is 1.22 bits per heavy atom. The smallest absolute Gasteiger partial charge is 0.387 e. The highest BCUT2D eigenvalue weighted by Gasteiger charge is 2.16. The number of nitrogens with zero attached hydrogens (tertiary/aromatic N) is 2. The molecular weight excluding hydrogens is 235 g/mol.